The third kappa shape index (κ3) is 4.04. The molecule has 0 aliphatic heterocycles. The average molecular weight is 384 g/mol. The molecule has 2 aromatic rings. The van der Waals surface area contributed by atoms with E-state index in [1.165, 1.54) is 30.3 Å². The maximum Gasteiger partial charge on any atom is 0.368 e. The fraction of sp³-hybridized carbons (Fsp3) is 0.368. The molecule has 0 aliphatic carbocycles. The molecule has 1 N–H and O–H groups in total. The van der Waals surface area contributed by atoms with E-state index < -0.39 is 24.6 Å². The van der Waals surface area contributed by atoms with E-state index >= 15 is 0 Å². The molecular weight excluding hydrogens is 361 g/mol. The summed E-state index contributed by atoms with van der Waals surface area (Å²) in [5, 5.41) is -2.10. The number of halogens is 2. The zero-order chi connectivity index (χ0) is 19.4. The van der Waals surface area contributed by atoms with Crippen molar-refractivity contribution in [2.45, 2.75) is 26.1 Å². The summed E-state index contributed by atoms with van der Waals surface area (Å²) >= 11 is 0. The molecular formula is C19H23F2O4P. The summed E-state index contributed by atoms with van der Waals surface area (Å²) in [7, 11) is -4.56. The van der Waals surface area contributed by atoms with Gasteiger partial charge in [0.2, 0.25) is 5.34 Å². The Hall–Kier alpha value is -1.59. The van der Waals surface area contributed by atoms with Gasteiger partial charge in [-0.25, -0.2) is 8.78 Å². The van der Waals surface area contributed by atoms with Gasteiger partial charge in [-0.05, 0) is 31.0 Å². The SMILES string of the molecule is CCOP(=O)(O)C(OCC(C)C)(c1ccc(F)cc1)c1ccccc1F. The van der Waals surface area contributed by atoms with Crippen LogP contribution >= 0.6 is 7.60 Å². The fourth-order valence-corrected chi connectivity index (χ4v) is 4.41. The van der Waals surface area contributed by atoms with Crippen molar-refractivity contribution in [2.75, 3.05) is 13.2 Å². The van der Waals surface area contributed by atoms with Gasteiger partial charge in [-0.1, -0.05) is 44.2 Å². The summed E-state index contributed by atoms with van der Waals surface area (Å²) in [6.45, 7) is 5.28. The van der Waals surface area contributed by atoms with Crippen LogP contribution in [-0.2, 0) is 19.2 Å². The Kier molecular flexibility index (Phi) is 6.69. The summed E-state index contributed by atoms with van der Waals surface area (Å²) < 4.78 is 52.4. The van der Waals surface area contributed by atoms with Gasteiger partial charge in [0.25, 0.3) is 0 Å². The Labute approximate surface area is 152 Å². The molecule has 2 aromatic carbocycles. The molecule has 0 fully saturated rings. The molecule has 2 rings (SSSR count). The number of ether oxygens (including phenoxy) is 1. The highest BCUT2D eigenvalue weighted by Crippen LogP contribution is 2.65. The van der Waals surface area contributed by atoms with Crippen LogP contribution in [0.15, 0.2) is 48.5 Å². The third-order valence-corrected chi connectivity index (χ3v) is 5.83. The van der Waals surface area contributed by atoms with Gasteiger partial charge in [0.15, 0.2) is 0 Å². The van der Waals surface area contributed by atoms with Gasteiger partial charge in [0.1, 0.15) is 11.6 Å². The lowest BCUT2D eigenvalue weighted by Crippen LogP contribution is -2.34. The summed E-state index contributed by atoms with van der Waals surface area (Å²) in [5.74, 6) is -1.23. The molecule has 0 spiro atoms. The zero-order valence-corrected chi connectivity index (χ0v) is 15.9. The lowest BCUT2D eigenvalue weighted by Gasteiger charge is -2.38. The van der Waals surface area contributed by atoms with Crippen molar-refractivity contribution in [3.8, 4) is 0 Å². The summed E-state index contributed by atoms with van der Waals surface area (Å²) in [6, 6.07) is 10.5. The van der Waals surface area contributed by atoms with Crippen LogP contribution in [0.1, 0.15) is 31.9 Å². The predicted octanol–water partition coefficient (Wildman–Crippen LogP) is 5.06. The van der Waals surface area contributed by atoms with E-state index in [9.17, 15) is 18.2 Å². The first-order valence-corrected chi connectivity index (χ1v) is 9.94. The van der Waals surface area contributed by atoms with Crippen molar-refractivity contribution in [1.29, 1.82) is 0 Å². The molecule has 142 valence electrons. The Bertz CT molecular complexity index is 779. The van der Waals surface area contributed by atoms with Gasteiger partial charge in [-0.2, -0.15) is 0 Å². The Balaban J connectivity index is 2.80. The van der Waals surface area contributed by atoms with E-state index in [4.69, 9.17) is 9.26 Å². The van der Waals surface area contributed by atoms with Gasteiger partial charge >= 0.3 is 7.60 Å². The monoisotopic (exact) mass is 384 g/mol. The number of benzene rings is 2. The Morgan fingerprint density at radius 1 is 1.12 bits per heavy atom. The molecule has 2 unspecified atom stereocenters. The van der Waals surface area contributed by atoms with Gasteiger partial charge in [-0.3, -0.25) is 4.57 Å². The standard InChI is InChI=1S/C19H23F2O4P/c1-4-25-26(22,23)19(24-13-14(2)3,15-9-11-16(20)12-10-15)17-7-5-6-8-18(17)21/h5-12,14H,4,13H2,1-3H3,(H,22,23). The topological polar surface area (TPSA) is 55.8 Å². The van der Waals surface area contributed by atoms with Gasteiger partial charge in [0, 0.05) is 11.1 Å². The van der Waals surface area contributed by atoms with E-state index in [0.717, 1.165) is 12.1 Å². The van der Waals surface area contributed by atoms with Crippen LogP contribution in [0.4, 0.5) is 8.78 Å². The predicted molar refractivity (Wildman–Crippen MR) is 95.8 cm³/mol. The fourth-order valence-electron chi connectivity index (χ4n) is 2.68. The molecule has 0 saturated heterocycles. The van der Waals surface area contributed by atoms with E-state index in [-0.39, 0.29) is 30.3 Å². The van der Waals surface area contributed by atoms with Crippen LogP contribution in [0.2, 0.25) is 0 Å². The van der Waals surface area contributed by atoms with E-state index in [1.54, 1.807) is 13.0 Å². The summed E-state index contributed by atoms with van der Waals surface area (Å²) in [4.78, 5) is 10.8. The van der Waals surface area contributed by atoms with E-state index in [2.05, 4.69) is 0 Å². The molecule has 0 radical (unpaired) electrons. The Morgan fingerprint density at radius 2 is 1.73 bits per heavy atom. The molecule has 7 heteroatoms. The van der Waals surface area contributed by atoms with Crippen LogP contribution in [0.25, 0.3) is 0 Å². The second-order valence-corrected chi connectivity index (χ2v) is 8.20. The highest BCUT2D eigenvalue weighted by molar-refractivity contribution is 7.54. The van der Waals surface area contributed by atoms with Crippen LogP contribution in [0.3, 0.4) is 0 Å². The van der Waals surface area contributed by atoms with Crippen molar-refractivity contribution in [3.05, 3.63) is 71.3 Å². The molecule has 0 amide bonds. The minimum atomic E-state index is -4.56. The van der Waals surface area contributed by atoms with Crippen molar-refractivity contribution >= 4 is 7.60 Å². The second-order valence-electron chi connectivity index (χ2n) is 6.27. The average Bonchev–Trinajstić information content (AvgIpc) is 2.57. The smallest absolute Gasteiger partial charge is 0.353 e. The number of hydrogen-bond acceptors (Lipinski definition) is 3. The first kappa shape index (κ1) is 20.7. The number of hydrogen-bond donors (Lipinski definition) is 1. The van der Waals surface area contributed by atoms with Crippen molar-refractivity contribution in [3.63, 3.8) is 0 Å². The van der Waals surface area contributed by atoms with Gasteiger partial charge < -0.3 is 14.2 Å². The van der Waals surface area contributed by atoms with Gasteiger partial charge in [0.05, 0.1) is 13.2 Å². The maximum absolute atomic E-state index is 14.7. The molecule has 0 aromatic heterocycles. The van der Waals surface area contributed by atoms with E-state index in [0.29, 0.717) is 0 Å². The molecule has 26 heavy (non-hydrogen) atoms. The van der Waals surface area contributed by atoms with E-state index in [1.807, 2.05) is 13.8 Å². The van der Waals surface area contributed by atoms with Crippen molar-refractivity contribution in [2.24, 2.45) is 5.92 Å². The lowest BCUT2D eigenvalue weighted by molar-refractivity contribution is 0.00256. The molecule has 4 nitrogen and oxygen atoms in total. The summed E-state index contributed by atoms with van der Waals surface area (Å²) in [5.41, 5.74) is 0.00970. The van der Waals surface area contributed by atoms with Crippen molar-refractivity contribution < 1.29 is 27.5 Å². The lowest BCUT2D eigenvalue weighted by atomic mass is 9.99. The first-order chi connectivity index (χ1) is 12.2. The second kappa shape index (κ2) is 8.40. The summed E-state index contributed by atoms with van der Waals surface area (Å²) in [6.07, 6.45) is 0. The molecule has 0 heterocycles. The largest absolute Gasteiger partial charge is 0.368 e. The number of rotatable bonds is 8. The Morgan fingerprint density at radius 3 is 2.27 bits per heavy atom. The minimum absolute atomic E-state index is 0.00298. The normalized spacial score (nSPS) is 16.3. The minimum Gasteiger partial charge on any atom is -0.353 e. The quantitative estimate of drug-likeness (QED) is 0.647. The highest BCUT2D eigenvalue weighted by atomic mass is 31.2. The molecule has 0 bridgehead atoms. The highest BCUT2D eigenvalue weighted by Gasteiger charge is 2.54. The zero-order valence-electron chi connectivity index (χ0n) is 15.0. The van der Waals surface area contributed by atoms with Gasteiger partial charge in [-0.15, -0.1) is 0 Å². The van der Waals surface area contributed by atoms with Crippen LogP contribution in [-0.4, -0.2) is 18.1 Å². The van der Waals surface area contributed by atoms with Crippen LogP contribution in [0, 0.1) is 17.6 Å². The van der Waals surface area contributed by atoms with Crippen LogP contribution in [0.5, 0.6) is 0 Å². The molecule has 0 aliphatic rings. The third-order valence-electron chi connectivity index (χ3n) is 3.80. The molecule has 2 atom stereocenters. The van der Waals surface area contributed by atoms with Crippen molar-refractivity contribution in [1.82, 2.24) is 0 Å². The van der Waals surface area contributed by atoms with Crippen LogP contribution < -0.4 is 0 Å². The molecule has 0 saturated carbocycles. The maximum atomic E-state index is 14.7. The first-order valence-electron chi connectivity index (χ1n) is 8.37.